The van der Waals surface area contributed by atoms with E-state index in [4.69, 9.17) is 0 Å². The summed E-state index contributed by atoms with van der Waals surface area (Å²) < 4.78 is 1.91. The number of nitrogens with zero attached hydrogens (tertiary/aromatic N) is 2. The molecular weight excluding hydrogens is 306 g/mol. The third-order valence-electron chi connectivity index (χ3n) is 3.70. The van der Waals surface area contributed by atoms with Crippen molar-refractivity contribution in [3.63, 3.8) is 0 Å². The zero-order valence-corrected chi connectivity index (χ0v) is 14.1. The molecule has 0 aliphatic rings. The van der Waals surface area contributed by atoms with Gasteiger partial charge in [0.15, 0.2) is 5.13 Å². The molecule has 0 aliphatic heterocycles. The Morgan fingerprint density at radius 1 is 1.17 bits per heavy atom. The molecule has 4 nitrogen and oxygen atoms in total. The zero-order chi connectivity index (χ0) is 16.2. The number of benzene rings is 1. The number of thiazole rings is 1. The highest BCUT2D eigenvalue weighted by Crippen LogP contribution is 2.21. The summed E-state index contributed by atoms with van der Waals surface area (Å²) >= 11 is 1.41. The number of nitrogens with one attached hydrogen (secondary N) is 1. The van der Waals surface area contributed by atoms with Crippen LogP contribution in [-0.2, 0) is 13.0 Å². The van der Waals surface area contributed by atoms with Gasteiger partial charge in [-0.3, -0.25) is 4.79 Å². The third kappa shape index (κ3) is 3.51. The fraction of sp³-hybridized carbons (Fsp3) is 0.222. The van der Waals surface area contributed by atoms with Crippen LogP contribution in [0.3, 0.4) is 0 Å². The summed E-state index contributed by atoms with van der Waals surface area (Å²) in [5, 5.41) is 3.78. The molecule has 0 radical (unpaired) electrons. The van der Waals surface area contributed by atoms with Crippen molar-refractivity contribution < 1.29 is 4.79 Å². The third-order valence-corrected chi connectivity index (χ3v) is 4.87. The van der Waals surface area contributed by atoms with Gasteiger partial charge in [-0.25, -0.2) is 4.98 Å². The predicted octanol–water partition coefficient (Wildman–Crippen LogP) is 3.73. The standard InChI is InChI=1S/C18H19N3OS/c1-3-14-6-8-15(9-7-14)12-19-17(22)16-13(2)20-18(23-16)21-10-4-5-11-21/h4-11H,3,12H2,1-2H3,(H,19,22). The van der Waals surface area contributed by atoms with Gasteiger partial charge < -0.3 is 9.88 Å². The Hall–Kier alpha value is -2.40. The summed E-state index contributed by atoms with van der Waals surface area (Å²) in [6.07, 6.45) is 4.87. The molecule has 1 aromatic carbocycles. The molecule has 5 heteroatoms. The van der Waals surface area contributed by atoms with E-state index in [-0.39, 0.29) is 5.91 Å². The molecule has 2 aromatic heterocycles. The van der Waals surface area contributed by atoms with Crippen LogP contribution in [0.15, 0.2) is 48.8 Å². The van der Waals surface area contributed by atoms with Crippen molar-refractivity contribution in [2.45, 2.75) is 26.8 Å². The van der Waals surface area contributed by atoms with Gasteiger partial charge in [0.05, 0.1) is 5.69 Å². The van der Waals surface area contributed by atoms with Gasteiger partial charge in [0.25, 0.3) is 5.91 Å². The van der Waals surface area contributed by atoms with Gasteiger partial charge in [0.2, 0.25) is 0 Å². The second kappa shape index (κ2) is 6.79. The molecule has 2 heterocycles. The molecule has 0 saturated heterocycles. The molecule has 0 aliphatic carbocycles. The highest BCUT2D eigenvalue weighted by atomic mass is 32.1. The summed E-state index contributed by atoms with van der Waals surface area (Å²) in [5.41, 5.74) is 3.16. The summed E-state index contributed by atoms with van der Waals surface area (Å²) in [4.78, 5) is 17.5. The van der Waals surface area contributed by atoms with Crippen LogP contribution in [0.1, 0.15) is 33.4 Å². The Morgan fingerprint density at radius 3 is 2.48 bits per heavy atom. The van der Waals surface area contributed by atoms with Crippen LogP contribution in [0.25, 0.3) is 5.13 Å². The van der Waals surface area contributed by atoms with Crippen LogP contribution in [-0.4, -0.2) is 15.5 Å². The van der Waals surface area contributed by atoms with E-state index in [0.29, 0.717) is 11.4 Å². The molecule has 0 spiro atoms. The first-order chi connectivity index (χ1) is 11.2. The summed E-state index contributed by atoms with van der Waals surface area (Å²) in [6.45, 7) is 4.53. The first-order valence-corrected chi connectivity index (χ1v) is 8.46. The van der Waals surface area contributed by atoms with E-state index in [1.165, 1.54) is 16.9 Å². The Bertz CT molecular complexity index is 788. The van der Waals surface area contributed by atoms with E-state index in [1.54, 1.807) is 0 Å². The van der Waals surface area contributed by atoms with Crippen LogP contribution in [0, 0.1) is 6.92 Å². The minimum Gasteiger partial charge on any atom is -0.347 e. The van der Waals surface area contributed by atoms with Crippen molar-refractivity contribution in [1.29, 1.82) is 0 Å². The first kappa shape index (κ1) is 15.5. The van der Waals surface area contributed by atoms with Crippen molar-refractivity contribution in [3.8, 4) is 5.13 Å². The molecule has 0 bridgehead atoms. The molecule has 23 heavy (non-hydrogen) atoms. The molecule has 1 amide bonds. The smallest absolute Gasteiger partial charge is 0.263 e. The van der Waals surface area contributed by atoms with Crippen molar-refractivity contribution in [2.24, 2.45) is 0 Å². The lowest BCUT2D eigenvalue weighted by Gasteiger charge is -2.05. The minimum atomic E-state index is -0.0713. The van der Waals surface area contributed by atoms with Gasteiger partial charge >= 0.3 is 0 Å². The molecule has 3 rings (SSSR count). The second-order valence-electron chi connectivity index (χ2n) is 5.35. The number of aromatic nitrogens is 2. The van der Waals surface area contributed by atoms with Gasteiger partial charge in [0, 0.05) is 18.9 Å². The number of hydrogen-bond acceptors (Lipinski definition) is 3. The average Bonchev–Trinajstić information content (AvgIpc) is 3.22. The highest BCUT2D eigenvalue weighted by molar-refractivity contribution is 7.16. The maximum atomic E-state index is 12.4. The summed E-state index contributed by atoms with van der Waals surface area (Å²) in [7, 11) is 0. The molecule has 3 aromatic rings. The second-order valence-corrected chi connectivity index (χ2v) is 6.33. The van der Waals surface area contributed by atoms with Crippen LogP contribution >= 0.6 is 11.3 Å². The fourth-order valence-electron chi connectivity index (χ4n) is 2.32. The van der Waals surface area contributed by atoms with Crippen molar-refractivity contribution in [1.82, 2.24) is 14.9 Å². The van der Waals surface area contributed by atoms with Gasteiger partial charge in [-0.1, -0.05) is 42.5 Å². The Balaban J connectivity index is 1.68. The number of carbonyl (C=O) groups excluding carboxylic acids is 1. The Morgan fingerprint density at radius 2 is 1.83 bits per heavy atom. The number of hydrogen-bond donors (Lipinski definition) is 1. The molecule has 0 unspecified atom stereocenters. The molecule has 1 N–H and O–H groups in total. The zero-order valence-electron chi connectivity index (χ0n) is 13.2. The lowest BCUT2D eigenvalue weighted by molar-refractivity contribution is 0.0954. The van der Waals surface area contributed by atoms with Gasteiger partial charge in [0.1, 0.15) is 4.88 Å². The van der Waals surface area contributed by atoms with Gasteiger partial charge in [-0.2, -0.15) is 0 Å². The summed E-state index contributed by atoms with van der Waals surface area (Å²) in [6, 6.07) is 12.2. The van der Waals surface area contributed by atoms with E-state index >= 15 is 0 Å². The Labute approximate surface area is 139 Å². The number of amides is 1. The highest BCUT2D eigenvalue weighted by Gasteiger charge is 2.15. The maximum Gasteiger partial charge on any atom is 0.263 e. The maximum absolute atomic E-state index is 12.4. The van der Waals surface area contributed by atoms with E-state index in [9.17, 15) is 4.79 Å². The van der Waals surface area contributed by atoms with Crippen LogP contribution in [0.4, 0.5) is 0 Å². The molecule has 118 valence electrons. The number of rotatable bonds is 5. The Kier molecular flexibility index (Phi) is 4.57. The van der Waals surface area contributed by atoms with E-state index in [2.05, 4.69) is 41.5 Å². The van der Waals surface area contributed by atoms with Gasteiger partial charge in [-0.05, 0) is 36.6 Å². The molecular formula is C18H19N3OS. The normalized spacial score (nSPS) is 10.7. The number of aryl methyl sites for hydroxylation is 2. The van der Waals surface area contributed by atoms with E-state index < -0.39 is 0 Å². The topological polar surface area (TPSA) is 46.9 Å². The average molecular weight is 325 g/mol. The molecule has 0 saturated carbocycles. The van der Waals surface area contributed by atoms with Crippen molar-refractivity contribution >= 4 is 17.2 Å². The molecule has 0 atom stereocenters. The van der Waals surface area contributed by atoms with Crippen molar-refractivity contribution in [3.05, 3.63) is 70.5 Å². The van der Waals surface area contributed by atoms with Crippen molar-refractivity contribution in [2.75, 3.05) is 0 Å². The van der Waals surface area contributed by atoms with Gasteiger partial charge in [-0.15, -0.1) is 0 Å². The number of carbonyl (C=O) groups is 1. The lowest BCUT2D eigenvalue weighted by Crippen LogP contribution is -2.22. The first-order valence-electron chi connectivity index (χ1n) is 7.64. The van der Waals surface area contributed by atoms with Crippen LogP contribution < -0.4 is 5.32 Å². The van der Waals surface area contributed by atoms with Crippen LogP contribution in [0.5, 0.6) is 0 Å². The predicted molar refractivity (Wildman–Crippen MR) is 93.2 cm³/mol. The molecule has 0 fully saturated rings. The minimum absolute atomic E-state index is 0.0713. The SMILES string of the molecule is CCc1ccc(CNC(=O)c2sc(-n3cccc3)nc2C)cc1. The fourth-order valence-corrected chi connectivity index (χ4v) is 3.27. The van der Waals surface area contributed by atoms with E-state index in [0.717, 1.165) is 22.8 Å². The largest absolute Gasteiger partial charge is 0.347 e. The lowest BCUT2D eigenvalue weighted by atomic mass is 10.1. The van der Waals surface area contributed by atoms with E-state index in [1.807, 2.05) is 36.0 Å². The quantitative estimate of drug-likeness (QED) is 0.777. The summed E-state index contributed by atoms with van der Waals surface area (Å²) in [5.74, 6) is -0.0713. The van der Waals surface area contributed by atoms with Crippen LogP contribution in [0.2, 0.25) is 0 Å². The monoisotopic (exact) mass is 325 g/mol.